The summed E-state index contributed by atoms with van der Waals surface area (Å²) in [5, 5.41) is 0. The number of nitrogens with zero attached hydrogens (tertiary/aromatic N) is 1. The second-order valence-electron chi connectivity index (χ2n) is 3.60. The summed E-state index contributed by atoms with van der Waals surface area (Å²) in [5.41, 5.74) is 6.78. The van der Waals surface area contributed by atoms with Crippen molar-refractivity contribution in [2.24, 2.45) is 0 Å². The zero-order chi connectivity index (χ0) is 13.3. The maximum atomic E-state index is 12.4. The molecular formula is C11H10F3N3O. The van der Waals surface area contributed by atoms with E-state index in [9.17, 15) is 13.2 Å². The highest BCUT2D eigenvalue weighted by molar-refractivity contribution is 5.68. The molecule has 0 radical (unpaired) electrons. The van der Waals surface area contributed by atoms with Gasteiger partial charge in [0.25, 0.3) is 0 Å². The molecule has 0 bridgehead atoms. The maximum absolute atomic E-state index is 12.4. The van der Waals surface area contributed by atoms with Gasteiger partial charge in [0, 0.05) is 5.56 Å². The molecule has 3 N–H and O–H groups in total. The minimum Gasteiger partial charge on any atom is -0.495 e. The van der Waals surface area contributed by atoms with Crippen LogP contribution in [0.4, 0.5) is 18.9 Å². The van der Waals surface area contributed by atoms with E-state index in [2.05, 4.69) is 9.97 Å². The highest BCUT2D eigenvalue weighted by Gasteiger charge is 2.34. The van der Waals surface area contributed by atoms with Crippen LogP contribution in [0.5, 0.6) is 5.75 Å². The number of aromatic nitrogens is 2. The normalized spacial score (nSPS) is 11.6. The maximum Gasteiger partial charge on any atom is 0.449 e. The molecule has 0 fully saturated rings. The lowest BCUT2D eigenvalue weighted by molar-refractivity contribution is -0.144. The van der Waals surface area contributed by atoms with Crippen LogP contribution in [0.25, 0.3) is 11.3 Å². The molecule has 0 unspecified atom stereocenters. The number of H-pyrrole nitrogens is 1. The van der Waals surface area contributed by atoms with Crippen molar-refractivity contribution in [1.29, 1.82) is 0 Å². The second kappa shape index (κ2) is 4.25. The summed E-state index contributed by atoms with van der Waals surface area (Å²) in [6, 6.07) is 4.70. The molecule has 1 heterocycles. The van der Waals surface area contributed by atoms with Gasteiger partial charge in [-0.3, -0.25) is 0 Å². The summed E-state index contributed by atoms with van der Waals surface area (Å²) < 4.78 is 42.1. The van der Waals surface area contributed by atoms with E-state index in [1.165, 1.54) is 13.2 Å². The van der Waals surface area contributed by atoms with E-state index in [-0.39, 0.29) is 5.69 Å². The molecular weight excluding hydrogens is 247 g/mol. The van der Waals surface area contributed by atoms with Gasteiger partial charge >= 0.3 is 6.18 Å². The number of alkyl halides is 3. The van der Waals surface area contributed by atoms with E-state index in [0.717, 1.165) is 6.20 Å². The third-order valence-corrected chi connectivity index (χ3v) is 2.39. The van der Waals surface area contributed by atoms with Gasteiger partial charge < -0.3 is 15.5 Å². The molecule has 4 nitrogen and oxygen atoms in total. The number of hydrogen-bond acceptors (Lipinski definition) is 3. The Balaban J connectivity index is 2.38. The van der Waals surface area contributed by atoms with Crippen molar-refractivity contribution in [2.45, 2.75) is 6.18 Å². The first kappa shape index (κ1) is 12.3. The monoisotopic (exact) mass is 257 g/mol. The number of aromatic amines is 1. The van der Waals surface area contributed by atoms with E-state index in [1.54, 1.807) is 12.1 Å². The van der Waals surface area contributed by atoms with Crippen LogP contribution in [-0.4, -0.2) is 17.1 Å². The molecule has 0 aliphatic rings. The number of methoxy groups -OCH3 is 1. The van der Waals surface area contributed by atoms with Gasteiger partial charge in [-0.2, -0.15) is 13.2 Å². The Morgan fingerprint density at radius 3 is 2.56 bits per heavy atom. The Hall–Kier alpha value is -2.18. The van der Waals surface area contributed by atoms with Crippen LogP contribution in [0.2, 0.25) is 0 Å². The molecule has 1 aromatic carbocycles. The number of halogens is 3. The van der Waals surface area contributed by atoms with Gasteiger partial charge in [-0.1, -0.05) is 0 Å². The topological polar surface area (TPSA) is 63.9 Å². The number of nitrogens with two attached hydrogens (primary N) is 1. The van der Waals surface area contributed by atoms with E-state index < -0.39 is 12.0 Å². The smallest absolute Gasteiger partial charge is 0.449 e. The number of ether oxygens (including phenoxy) is 1. The Morgan fingerprint density at radius 2 is 2.06 bits per heavy atom. The lowest BCUT2D eigenvalue weighted by Crippen LogP contribution is -2.07. The molecule has 0 amide bonds. The summed E-state index contributed by atoms with van der Waals surface area (Å²) in [6.07, 6.45) is -3.37. The third-order valence-electron chi connectivity index (χ3n) is 2.39. The fourth-order valence-corrected chi connectivity index (χ4v) is 1.51. The van der Waals surface area contributed by atoms with Gasteiger partial charge in [-0.15, -0.1) is 0 Å². The first-order valence-corrected chi connectivity index (χ1v) is 4.98. The molecule has 0 atom stereocenters. The second-order valence-corrected chi connectivity index (χ2v) is 3.60. The van der Waals surface area contributed by atoms with Crippen LogP contribution in [0.1, 0.15) is 5.82 Å². The zero-order valence-corrected chi connectivity index (χ0v) is 9.38. The molecule has 96 valence electrons. The Morgan fingerprint density at radius 1 is 1.33 bits per heavy atom. The first-order chi connectivity index (χ1) is 8.41. The van der Waals surface area contributed by atoms with Crippen LogP contribution >= 0.6 is 0 Å². The Kier molecular flexibility index (Phi) is 2.90. The standard InChI is InChI=1S/C11H10F3N3O/c1-18-9-3-2-6(4-7(9)15)8-5-16-10(17-8)11(12,13)14/h2-5H,15H2,1H3,(H,16,17). The quantitative estimate of drug-likeness (QED) is 0.813. The molecule has 0 aliphatic carbocycles. The summed E-state index contributed by atoms with van der Waals surface area (Å²) in [6.45, 7) is 0. The lowest BCUT2D eigenvalue weighted by Gasteiger charge is -2.06. The molecule has 18 heavy (non-hydrogen) atoms. The van der Waals surface area contributed by atoms with Crippen molar-refractivity contribution in [2.75, 3.05) is 12.8 Å². The Labute approximate surface area is 101 Å². The fraction of sp³-hybridized carbons (Fsp3) is 0.182. The van der Waals surface area contributed by atoms with Gasteiger partial charge in [0.05, 0.1) is 24.7 Å². The van der Waals surface area contributed by atoms with Crippen LogP contribution in [0.15, 0.2) is 24.4 Å². The van der Waals surface area contributed by atoms with Gasteiger partial charge in [0.1, 0.15) is 5.75 Å². The predicted molar refractivity (Wildman–Crippen MR) is 60.0 cm³/mol. The highest BCUT2D eigenvalue weighted by atomic mass is 19.4. The van der Waals surface area contributed by atoms with Crippen molar-refractivity contribution in [3.05, 3.63) is 30.2 Å². The summed E-state index contributed by atoms with van der Waals surface area (Å²) in [7, 11) is 1.46. The number of nitrogens with one attached hydrogen (secondary N) is 1. The summed E-state index contributed by atoms with van der Waals surface area (Å²) >= 11 is 0. The van der Waals surface area contributed by atoms with Crippen molar-refractivity contribution < 1.29 is 17.9 Å². The van der Waals surface area contributed by atoms with Crippen molar-refractivity contribution in [3.63, 3.8) is 0 Å². The molecule has 0 aliphatic heterocycles. The number of rotatable bonds is 2. The van der Waals surface area contributed by atoms with Crippen molar-refractivity contribution in [3.8, 4) is 17.0 Å². The Bertz CT molecular complexity index is 563. The van der Waals surface area contributed by atoms with Crippen molar-refractivity contribution in [1.82, 2.24) is 9.97 Å². The number of nitrogen functional groups attached to an aromatic ring is 1. The molecule has 7 heteroatoms. The molecule has 2 aromatic rings. The van der Waals surface area contributed by atoms with Gasteiger partial charge in [-0.25, -0.2) is 4.98 Å². The first-order valence-electron chi connectivity index (χ1n) is 4.98. The van der Waals surface area contributed by atoms with Gasteiger partial charge in [0.2, 0.25) is 5.82 Å². The average molecular weight is 257 g/mol. The van der Waals surface area contributed by atoms with Gasteiger partial charge in [-0.05, 0) is 18.2 Å². The molecule has 0 saturated carbocycles. The molecule has 0 saturated heterocycles. The summed E-state index contributed by atoms with van der Waals surface area (Å²) in [4.78, 5) is 5.49. The predicted octanol–water partition coefficient (Wildman–Crippen LogP) is 2.69. The largest absolute Gasteiger partial charge is 0.495 e. The van der Waals surface area contributed by atoms with E-state index in [4.69, 9.17) is 10.5 Å². The number of anilines is 1. The third kappa shape index (κ3) is 2.24. The van der Waals surface area contributed by atoms with Crippen molar-refractivity contribution >= 4 is 5.69 Å². The van der Waals surface area contributed by atoms with E-state index in [0.29, 0.717) is 17.0 Å². The van der Waals surface area contributed by atoms with E-state index in [1.807, 2.05) is 0 Å². The SMILES string of the molecule is COc1ccc(-c2cnc(C(F)(F)F)[nH]2)cc1N. The molecule has 1 aromatic heterocycles. The van der Waals surface area contributed by atoms with Crippen LogP contribution in [0, 0.1) is 0 Å². The lowest BCUT2D eigenvalue weighted by atomic mass is 10.1. The molecule has 2 rings (SSSR count). The van der Waals surface area contributed by atoms with E-state index >= 15 is 0 Å². The van der Waals surface area contributed by atoms with Crippen LogP contribution < -0.4 is 10.5 Å². The minimum absolute atomic E-state index is 0.247. The molecule has 0 spiro atoms. The number of hydrogen-bond donors (Lipinski definition) is 2. The zero-order valence-electron chi connectivity index (χ0n) is 9.38. The summed E-state index contributed by atoms with van der Waals surface area (Å²) in [5.74, 6) is -0.568. The highest BCUT2D eigenvalue weighted by Crippen LogP contribution is 2.31. The number of benzene rings is 1. The van der Waals surface area contributed by atoms with Crippen LogP contribution in [-0.2, 0) is 6.18 Å². The number of imidazole rings is 1. The van der Waals surface area contributed by atoms with Crippen LogP contribution in [0.3, 0.4) is 0 Å². The average Bonchev–Trinajstić information content (AvgIpc) is 2.77. The van der Waals surface area contributed by atoms with Gasteiger partial charge in [0.15, 0.2) is 0 Å². The minimum atomic E-state index is -4.49. The fourth-order valence-electron chi connectivity index (χ4n) is 1.51.